The molecule has 1 N–H and O–H groups in total. The van der Waals surface area contributed by atoms with Crippen molar-refractivity contribution in [3.05, 3.63) is 82.5 Å². The third kappa shape index (κ3) is 4.46. The Labute approximate surface area is 182 Å². The molecule has 30 heavy (non-hydrogen) atoms. The third-order valence-electron chi connectivity index (χ3n) is 4.71. The number of halogens is 1. The second-order valence-corrected chi connectivity index (χ2v) is 7.90. The number of pyridine rings is 1. The molecule has 0 fully saturated rings. The topological polar surface area (TPSA) is 74.7 Å². The molecule has 4 rings (SSSR count). The van der Waals surface area contributed by atoms with Crippen LogP contribution in [0.25, 0.3) is 0 Å². The molecule has 7 heteroatoms. The summed E-state index contributed by atoms with van der Waals surface area (Å²) in [6, 6.07) is 18.7. The number of nitrogens with one attached hydrogen (secondary N) is 1. The number of nitrogens with zero attached hydrogens (tertiary/aromatic N) is 3. The van der Waals surface area contributed by atoms with Crippen molar-refractivity contribution in [3.63, 3.8) is 0 Å². The van der Waals surface area contributed by atoms with Gasteiger partial charge in [-0.05, 0) is 48.9 Å². The van der Waals surface area contributed by atoms with E-state index in [-0.39, 0.29) is 24.8 Å². The number of aliphatic imine (C=N–C) groups is 1. The first kappa shape index (κ1) is 20.0. The van der Waals surface area contributed by atoms with E-state index in [1.165, 1.54) is 4.90 Å². The van der Waals surface area contributed by atoms with Gasteiger partial charge in [-0.2, -0.15) is 0 Å². The van der Waals surface area contributed by atoms with Gasteiger partial charge in [-0.1, -0.05) is 45.8 Å². The smallest absolute Gasteiger partial charge is 0.244 e. The molecule has 0 spiro atoms. The number of amides is 2. The van der Waals surface area contributed by atoms with Crippen molar-refractivity contribution in [1.29, 1.82) is 0 Å². The van der Waals surface area contributed by atoms with Gasteiger partial charge in [0, 0.05) is 16.4 Å². The number of carbonyl (C=O) groups is 2. The molecule has 3 aromatic rings. The molecule has 6 nitrogen and oxygen atoms in total. The average Bonchev–Trinajstić information content (AvgIpc) is 2.87. The zero-order chi connectivity index (χ0) is 21.1. The summed E-state index contributed by atoms with van der Waals surface area (Å²) in [5, 5.41) is 2.82. The van der Waals surface area contributed by atoms with Gasteiger partial charge in [-0.15, -0.1) is 0 Å². The number of aryl methyl sites for hydroxylation is 1. The minimum Gasteiger partial charge on any atom is -0.325 e. The zero-order valence-corrected chi connectivity index (χ0v) is 17.9. The van der Waals surface area contributed by atoms with Crippen molar-refractivity contribution in [2.45, 2.75) is 13.3 Å². The average molecular weight is 463 g/mol. The summed E-state index contributed by atoms with van der Waals surface area (Å²) in [6.45, 7) is 1.87. The Morgan fingerprint density at radius 1 is 1.10 bits per heavy atom. The van der Waals surface area contributed by atoms with Crippen molar-refractivity contribution in [3.8, 4) is 0 Å². The fourth-order valence-electron chi connectivity index (χ4n) is 3.18. The van der Waals surface area contributed by atoms with E-state index in [2.05, 4.69) is 26.2 Å². The van der Waals surface area contributed by atoms with E-state index < -0.39 is 0 Å². The van der Waals surface area contributed by atoms with E-state index in [1.807, 2.05) is 43.3 Å². The van der Waals surface area contributed by atoms with Gasteiger partial charge < -0.3 is 5.32 Å². The number of anilines is 2. The van der Waals surface area contributed by atoms with Gasteiger partial charge in [0.2, 0.25) is 11.8 Å². The lowest BCUT2D eigenvalue weighted by molar-refractivity contribution is -0.120. The van der Waals surface area contributed by atoms with Gasteiger partial charge in [0.25, 0.3) is 0 Å². The summed E-state index contributed by atoms with van der Waals surface area (Å²) in [4.78, 5) is 36.1. The molecule has 2 aromatic carbocycles. The monoisotopic (exact) mass is 462 g/mol. The van der Waals surface area contributed by atoms with Crippen LogP contribution in [0.2, 0.25) is 0 Å². The summed E-state index contributed by atoms with van der Waals surface area (Å²) in [5.74, 6) is -0.144. The van der Waals surface area contributed by atoms with Crippen molar-refractivity contribution in [1.82, 2.24) is 4.98 Å². The molecule has 2 amide bonds. The predicted octanol–water partition coefficient (Wildman–Crippen LogP) is 4.65. The Kier molecular flexibility index (Phi) is 5.72. The number of hydrogen-bond acceptors (Lipinski definition) is 4. The molecular weight excluding hydrogens is 444 g/mol. The standard InChI is InChI=1S/C23H19BrN4O2/c1-15-4-6-16(7-5-15)20-13-22(30)28(23-19(27-20)3-2-12-25-23)14-21(29)26-18-10-8-17(24)9-11-18/h2-12H,13-14H2,1H3,(H,26,29). The number of hydrogen-bond donors (Lipinski definition) is 1. The van der Waals surface area contributed by atoms with Crippen molar-refractivity contribution in [2.75, 3.05) is 16.8 Å². The summed E-state index contributed by atoms with van der Waals surface area (Å²) in [5.41, 5.74) is 3.89. The van der Waals surface area contributed by atoms with Crippen LogP contribution >= 0.6 is 15.9 Å². The number of fused-ring (bicyclic) bond motifs is 1. The quantitative estimate of drug-likeness (QED) is 0.612. The first-order valence-electron chi connectivity index (χ1n) is 9.45. The van der Waals surface area contributed by atoms with Crippen LogP contribution in [0.15, 0.2) is 76.3 Å². The van der Waals surface area contributed by atoms with Crippen molar-refractivity contribution >= 4 is 50.6 Å². The van der Waals surface area contributed by atoms with Gasteiger partial charge in [0.1, 0.15) is 12.2 Å². The summed E-state index contributed by atoms with van der Waals surface area (Å²) < 4.78 is 0.919. The molecule has 0 atom stereocenters. The highest BCUT2D eigenvalue weighted by Crippen LogP contribution is 2.30. The molecule has 0 radical (unpaired) electrons. The van der Waals surface area contributed by atoms with Crippen LogP contribution in [0, 0.1) is 6.92 Å². The Hall–Kier alpha value is -3.32. The number of benzene rings is 2. The van der Waals surface area contributed by atoms with E-state index in [1.54, 1.807) is 30.5 Å². The van der Waals surface area contributed by atoms with Crippen molar-refractivity contribution in [2.24, 2.45) is 4.99 Å². The number of rotatable bonds is 4. The zero-order valence-electron chi connectivity index (χ0n) is 16.3. The maximum absolute atomic E-state index is 13.1. The Morgan fingerprint density at radius 2 is 1.83 bits per heavy atom. The summed E-state index contributed by atoms with van der Waals surface area (Å²) in [7, 11) is 0. The van der Waals surface area contributed by atoms with Crippen molar-refractivity contribution < 1.29 is 9.59 Å². The van der Waals surface area contributed by atoms with Crippen LogP contribution in [0.1, 0.15) is 17.5 Å². The predicted molar refractivity (Wildman–Crippen MR) is 121 cm³/mol. The second kappa shape index (κ2) is 8.59. The molecule has 1 aliphatic rings. The molecular formula is C23H19BrN4O2. The van der Waals surface area contributed by atoms with Gasteiger partial charge in [0.05, 0.1) is 12.1 Å². The van der Waals surface area contributed by atoms with Crippen LogP contribution in [-0.4, -0.2) is 29.1 Å². The molecule has 150 valence electrons. The Bertz CT molecular complexity index is 1120. The maximum atomic E-state index is 13.1. The fourth-order valence-corrected chi connectivity index (χ4v) is 3.44. The molecule has 1 aromatic heterocycles. The largest absolute Gasteiger partial charge is 0.325 e. The fraction of sp³-hybridized carbons (Fsp3) is 0.130. The molecule has 0 bridgehead atoms. The van der Waals surface area contributed by atoms with Crippen LogP contribution in [-0.2, 0) is 9.59 Å². The molecule has 1 aliphatic heterocycles. The summed E-state index contributed by atoms with van der Waals surface area (Å²) >= 11 is 3.37. The molecule has 0 saturated carbocycles. The lowest BCUT2D eigenvalue weighted by Gasteiger charge is -2.20. The SMILES string of the molecule is Cc1ccc(C2=Nc3cccnc3N(CC(=O)Nc3ccc(Br)cc3)C(=O)C2)cc1. The van der Waals surface area contributed by atoms with E-state index in [4.69, 9.17) is 4.99 Å². The molecule has 0 saturated heterocycles. The van der Waals surface area contributed by atoms with Crippen LogP contribution < -0.4 is 10.2 Å². The Morgan fingerprint density at radius 3 is 2.57 bits per heavy atom. The number of aromatic nitrogens is 1. The maximum Gasteiger partial charge on any atom is 0.244 e. The van der Waals surface area contributed by atoms with Gasteiger partial charge in [-0.3, -0.25) is 14.5 Å². The first-order chi connectivity index (χ1) is 14.5. The lowest BCUT2D eigenvalue weighted by Crippen LogP contribution is -2.38. The van der Waals surface area contributed by atoms with Gasteiger partial charge in [0.15, 0.2) is 5.82 Å². The lowest BCUT2D eigenvalue weighted by atomic mass is 10.1. The van der Waals surface area contributed by atoms with E-state index in [9.17, 15) is 9.59 Å². The highest BCUT2D eigenvalue weighted by atomic mass is 79.9. The number of carbonyl (C=O) groups excluding carboxylic acids is 2. The minimum atomic E-state index is -0.305. The van der Waals surface area contributed by atoms with E-state index in [0.717, 1.165) is 15.6 Å². The highest BCUT2D eigenvalue weighted by Gasteiger charge is 2.27. The third-order valence-corrected chi connectivity index (χ3v) is 5.24. The van der Waals surface area contributed by atoms with Gasteiger partial charge >= 0.3 is 0 Å². The molecule has 2 heterocycles. The van der Waals surface area contributed by atoms with Crippen LogP contribution in [0.3, 0.4) is 0 Å². The van der Waals surface area contributed by atoms with E-state index >= 15 is 0 Å². The van der Waals surface area contributed by atoms with Crippen LogP contribution in [0.5, 0.6) is 0 Å². The van der Waals surface area contributed by atoms with E-state index in [0.29, 0.717) is 22.9 Å². The molecule has 0 unspecified atom stereocenters. The Balaban J connectivity index is 1.60. The minimum absolute atomic E-state index is 0.0883. The molecule has 0 aliphatic carbocycles. The second-order valence-electron chi connectivity index (χ2n) is 6.98. The van der Waals surface area contributed by atoms with Crippen LogP contribution in [0.4, 0.5) is 17.2 Å². The highest BCUT2D eigenvalue weighted by molar-refractivity contribution is 9.10. The summed E-state index contributed by atoms with van der Waals surface area (Å²) in [6.07, 6.45) is 1.68. The van der Waals surface area contributed by atoms with Gasteiger partial charge in [-0.25, -0.2) is 9.98 Å². The normalized spacial score (nSPS) is 13.3. The first-order valence-corrected chi connectivity index (χ1v) is 10.2.